The molecule has 0 aromatic carbocycles. The number of hydrogen-bond donors (Lipinski definition) is 0. The average molecular weight is 249 g/mol. The van der Waals surface area contributed by atoms with Crippen LogP contribution in [-0.4, -0.2) is 88.0 Å². The third-order valence-electron chi connectivity index (χ3n) is 0. The Morgan fingerprint density at radius 1 is 0.400 bits per heavy atom. The molecule has 0 aromatic heterocycles. The van der Waals surface area contributed by atoms with Crippen molar-refractivity contribution in [1.29, 1.82) is 0 Å². The fourth-order valence-electron chi connectivity index (χ4n) is 0. The predicted molar refractivity (Wildman–Crippen MR) is 37.4 cm³/mol. The summed E-state index contributed by atoms with van der Waals surface area (Å²) in [6, 6.07) is 0. The summed E-state index contributed by atoms with van der Waals surface area (Å²) in [5.41, 5.74) is 0. The van der Waals surface area contributed by atoms with E-state index in [4.69, 9.17) is 0 Å². The summed E-state index contributed by atoms with van der Waals surface area (Å²) in [4.78, 5) is 0. The normalized spacial score (nSPS) is 0. The van der Waals surface area contributed by atoms with Gasteiger partial charge in [0.05, 0.1) is 0 Å². The zero-order chi connectivity index (χ0) is 0. The molecule has 0 aliphatic rings. The smallest absolute Gasteiger partial charge is 1.00 e. The minimum Gasteiger partial charge on any atom is -1.00 e. The molecule has 0 rings (SSSR count). The predicted octanol–water partition coefficient (Wildman–Crippen LogP) is -12.5. The Labute approximate surface area is 112 Å². The Hall–Kier alpha value is 2.13. The summed E-state index contributed by atoms with van der Waals surface area (Å²) in [6.07, 6.45) is 0. The summed E-state index contributed by atoms with van der Waals surface area (Å²) < 4.78 is 0. The molecular formula is H15AlCaCl2O6. The van der Waals surface area contributed by atoms with Crippen LogP contribution >= 0.6 is 0 Å². The zero-order valence-electron chi connectivity index (χ0n) is 4.46. The molecule has 10 heteroatoms. The molecule has 0 aromatic rings. The monoisotopic (exact) mass is 248 g/mol. The third-order valence-corrected chi connectivity index (χ3v) is 0. The fraction of sp³-hybridized carbons (Fsp3) is 0. The summed E-state index contributed by atoms with van der Waals surface area (Å²) in [5, 5.41) is 0. The van der Waals surface area contributed by atoms with Crippen LogP contribution in [0.15, 0.2) is 0 Å². The molecule has 0 spiro atoms. The second kappa shape index (κ2) is 251. The van der Waals surface area contributed by atoms with Crippen molar-refractivity contribution in [2.24, 2.45) is 0 Å². The molecule has 0 heterocycles. The first-order valence-corrected chi connectivity index (χ1v) is 0. The Morgan fingerprint density at radius 3 is 0.400 bits per heavy atom. The van der Waals surface area contributed by atoms with E-state index in [2.05, 4.69) is 0 Å². The molecule has 0 unspecified atom stereocenters. The van der Waals surface area contributed by atoms with E-state index >= 15 is 0 Å². The van der Waals surface area contributed by atoms with Crippen LogP contribution in [0.1, 0.15) is 0 Å². The maximum atomic E-state index is 0. The van der Waals surface area contributed by atoms with Gasteiger partial charge in [-0.25, -0.2) is 0 Å². The molecule has 12 N–H and O–H groups in total. The van der Waals surface area contributed by atoms with Crippen LogP contribution in [-0.2, 0) is 0 Å². The van der Waals surface area contributed by atoms with Gasteiger partial charge < -0.3 is 57.7 Å². The molecular weight excluding hydrogens is 234 g/mol. The average Bonchev–Trinajstić information content (AvgIpc) is 0. The van der Waals surface area contributed by atoms with E-state index in [1.165, 1.54) is 0 Å². The van der Waals surface area contributed by atoms with E-state index in [1.807, 2.05) is 0 Å². The van der Waals surface area contributed by atoms with E-state index in [9.17, 15) is 0 Å². The molecule has 0 aliphatic carbocycles. The number of halogens is 2. The molecule has 0 bridgehead atoms. The standard InChI is InChI=1S/Al.Ca.2ClH.6H2O.3H/h;;2*1H;6*1H2;;;/q;+2;;;;;;;;;;;/p-2. The minimum atomic E-state index is 0. The second-order valence-electron chi connectivity index (χ2n) is 0. The Morgan fingerprint density at radius 2 is 0.400 bits per heavy atom. The number of rotatable bonds is 0. The van der Waals surface area contributed by atoms with Gasteiger partial charge in [-0.3, -0.25) is 0 Å². The van der Waals surface area contributed by atoms with Crippen molar-refractivity contribution in [1.82, 2.24) is 0 Å². The van der Waals surface area contributed by atoms with Crippen LogP contribution in [0.2, 0.25) is 0 Å². The molecule has 0 atom stereocenters. The van der Waals surface area contributed by atoms with E-state index in [0.717, 1.165) is 0 Å². The van der Waals surface area contributed by atoms with Crippen LogP contribution in [0.3, 0.4) is 0 Å². The minimum absolute atomic E-state index is 0. The fourth-order valence-corrected chi connectivity index (χ4v) is 0. The van der Waals surface area contributed by atoms with Gasteiger partial charge in [0.1, 0.15) is 0 Å². The first-order valence-electron chi connectivity index (χ1n) is 0. The van der Waals surface area contributed by atoms with Crippen molar-refractivity contribution in [3.8, 4) is 0 Å². The van der Waals surface area contributed by atoms with Crippen LogP contribution in [0, 0.1) is 0 Å². The van der Waals surface area contributed by atoms with E-state index < -0.39 is 0 Å². The topological polar surface area (TPSA) is 189 Å². The third kappa shape index (κ3) is 186. The molecule has 0 fully saturated rings. The summed E-state index contributed by atoms with van der Waals surface area (Å²) in [7, 11) is 0. The largest absolute Gasteiger partial charge is 2.00 e. The Kier molecular flexibility index (Phi) is 8310. The SMILES string of the molecule is O.O.O.O.O.O.[AlH3].[Ca+2].[Cl-].[Cl-]. The van der Waals surface area contributed by atoms with Gasteiger partial charge in [-0.05, 0) is 0 Å². The van der Waals surface area contributed by atoms with Crippen LogP contribution in [0.25, 0.3) is 0 Å². The van der Waals surface area contributed by atoms with Gasteiger partial charge in [0.15, 0.2) is 17.4 Å². The van der Waals surface area contributed by atoms with Gasteiger partial charge in [-0.2, -0.15) is 0 Å². The van der Waals surface area contributed by atoms with Crippen molar-refractivity contribution in [3.63, 3.8) is 0 Å². The number of hydrogen-bond acceptors (Lipinski definition) is 0. The first kappa shape index (κ1) is 331. The molecule has 0 amide bonds. The summed E-state index contributed by atoms with van der Waals surface area (Å²) >= 11 is 0. The van der Waals surface area contributed by atoms with Crippen molar-refractivity contribution in [2.45, 2.75) is 0 Å². The molecule has 0 radical (unpaired) electrons. The van der Waals surface area contributed by atoms with Gasteiger partial charge >= 0.3 is 37.7 Å². The molecule has 70 valence electrons. The molecule has 0 saturated carbocycles. The Balaban J connectivity index is 0. The molecule has 10 heavy (non-hydrogen) atoms. The van der Waals surface area contributed by atoms with Crippen LogP contribution < -0.4 is 24.8 Å². The van der Waals surface area contributed by atoms with Crippen molar-refractivity contribution in [3.05, 3.63) is 0 Å². The zero-order valence-corrected chi connectivity index (χ0v) is 8.18. The van der Waals surface area contributed by atoms with Crippen molar-refractivity contribution >= 4 is 55.1 Å². The van der Waals surface area contributed by atoms with Crippen LogP contribution in [0.4, 0.5) is 0 Å². The molecule has 6 nitrogen and oxygen atoms in total. The van der Waals surface area contributed by atoms with Gasteiger partial charge in [-0.1, -0.05) is 0 Å². The van der Waals surface area contributed by atoms with E-state index in [-0.39, 0.29) is 113 Å². The maximum Gasteiger partial charge on any atom is 2.00 e. The van der Waals surface area contributed by atoms with Crippen LogP contribution in [0.5, 0.6) is 0 Å². The Bertz CT molecular complexity index is 15.7. The quantitative estimate of drug-likeness (QED) is 0.368. The second-order valence-corrected chi connectivity index (χ2v) is 0. The van der Waals surface area contributed by atoms with Gasteiger partial charge in [0, 0.05) is 0 Å². The molecule has 0 saturated heterocycles. The molecule has 0 aliphatic heterocycles. The van der Waals surface area contributed by atoms with E-state index in [0.29, 0.717) is 0 Å². The van der Waals surface area contributed by atoms with Gasteiger partial charge in [0.2, 0.25) is 0 Å². The van der Waals surface area contributed by atoms with Gasteiger partial charge in [-0.15, -0.1) is 0 Å². The summed E-state index contributed by atoms with van der Waals surface area (Å²) in [5.74, 6) is 0. The summed E-state index contributed by atoms with van der Waals surface area (Å²) in [6.45, 7) is 0. The maximum absolute atomic E-state index is 0. The van der Waals surface area contributed by atoms with Crippen molar-refractivity contribution < 1.29 is 57.7 Å². The first-order chi connectivity index (χ1) is 0. The van der Waals surface area contributed by atoms with E-state index in [1.54, 1.807) is 0 Å². The van der Waals surface area contributed by atoms with Gasteiger partial charge in [0.25, 0.3) is 0 Å². The van der Waals surface area contributed by atoms with Crippen molar-refractivity contribution in [2.75, 3.05) is 0 Å².